The van der Waals surface area contributed by atoms with E-state index in [1.165, 1.54) is 11.3 Å². The molecule has 0 spiro atoms. The fourth-order valence-electron chi connectivity index (χ4n) is 2.20. The standard InChI is InChI=1S/C13H14N4OS/c1-9(2)17-12-11(4-3-5-14-12)16(13(17)18)6-10-7-19-8-15-10/h3-5,7-9H,6H2,1-2H3. The van der Waals surface area contributed by atoms with Crippen LogP contribution in [0.1, 0.15) is 25.6 Å². The summed E-state index contributed by atoms with van der Waals surface area (Å²) in [4.78, 5) is 21.1. The first-order valence-corrected chi connectivity index (χ1v) is 7.05. The lowest BCUT2D eigenvalue weighted by molar-refractivity contribution is 0.571. The van der Waals surface area contributed by atoms with Gasteiger partial charge in [-0.25, -0.2) is 14.8 Å². The molecule has 0 saturated heterocycles. The molecule has 0 unspecified atom stereocenters. The minimum atomic E-state index is -0.0308. The van der Waals surface area contributed by atoms with Crippen LogP contribution in [-0.2, 0) is 6.54 Å². The number of rotatable bonds is 3. The van der Waals surface area contributed by atoms with Crippen molar-refractivity contribution in [3.8, 4) is 0 Å². The molecule has 0 fully saturated rings. The van der Waals surface area contributed by atoms with Gasteiger partial charge in [0.2, 0.25) is 0 Å². The van der Waals surface area contributed by atoms with Crippen LogP contribution in [-0.4, -0.2) is 19.1 Å². The molecule has 5 nitrogen and oxygen atoms in total. The Kier molecular flexibility index (Phi) is 2.94. The van der Waals surface area contributed by atoms with Crippen LogP contribution in [0, 0.1) is 0 Å². The summed E-state index contributed by atoms with van der Waals surface area (Å²) >= 11 is 1.53. The van der Waals surface area contributed by atoms with Gasteiger partial charge in [-0.05, 0) is 26.0 Å². The Morgan fingerprint density at radius 3 is 2.89 bits per heavy atom. The fourth-order valence-corrected chi connectivity index (χ4v) is 2.75. The Morgan fingerprint density at radius 2 is 2.21 bits per heavy atom. The van der Waals surface area contributed by atoms with E-state index in [2.05, 4.69) is 9.97 Å². The highest BCUT2D eigenvalue weighted by molar-refractivity contribution is 7.07. The minimum Gasteiger partial charge on any atom is -0.284 e. The van der Waals surface area contributed by atoms with Crippen molar-refractivity contribution in [3.05, 3.63) is 45.4 Å². The van der Waals surface area contributed by atoms with Crippen LogP contribution in [0.15, 0.2) is 34.0 Å². The fraction of sp³-hybridized carbons (Fsp3) is 0.308. The zero-order chi connectivity index (χ0) is 13.4. The average Bonchev–Trinajstić information content (AvgIpc) is 2.97. The highest BCUT2D eigenvalue weighted by Gasteiger charge is 2.16. The summed E-state index contributed by atoms with van der Waals surface area (Å²) in [5.41, 5.74) is 4.24. The molecular weight excluding hydrogens is 260 g/mol. The predicted molar refractivity (Wildman–Crippen MR) is 75.6 cm³/mol. The zero-order valence-electron chi connectivity index (χ0n) is 10.8. The normalized spacial score (nSPS) is 11.5. The van der Waals surface area contributed by atoms with Gasteiger partial charge < -0.3 is 0 Å². The molecule has 6 heteroatoms. The van der Waals surface area contributed by atoms with Crippen molar-refractivity contribution < 1.29 is 0 Å². The first-order chi connectivity index (χ1) is 9.18. The van der Waals surface area contributed by atoms with E-state index in [0.29, 0.717) is 6.54 Å². The quantitative estimate of drug-likeness (QED) is 0.736. The van der Waals surface area contributed by atoms with Crippen molar-refractivity contribution in [2.75, 3.05) is 0 Å². The molecule has 0 atom stereocenters. The molecule has 3 aromatic heterocycles. The topological polar surface area (TPSA) is 52.7 Å². The molecule has 0 aliphatic carbocycles. The maximum absolute atomic E-state index is 12.5. The number of nitrogens with zero attached hydrogens (tertiary/aromatic N) is 4. The van der Waals surface area contributed by atoms with Crippen LogP contribution in [0.25, 0.3) is 11.2 Å². The highest BCUT2D eigenvalue weighted by Crippen LogP contribution is 2.15. The van der Waals surface area contributed by atoms with E-state index in [1.54, 1.807) is 20.8 Å². The monoisotopic (exact) mass is 274 g/mol. The maximum atomic E-state index is 12.5. The van der Waals surface area contributed by atoms with E-state index < -0.39 is 0 Å². The summed E-state index contributed by atoms with van der Waals surface area (Å²) in [5, 5.41) is 1.96. The van der Waals surface area contributed by atoms with Crippen LogP contribution in [0.5, 0.6) is 0 Å². The predicted octanol–water partition coefficient (Wildman–Crippen LogP) is 2.28. The van der Waals surface area contributed by atoms with Crippen molar-refractivity contribution in [1.82, 2.24) is 19.1 Å². The third-order valence-electron chi connectivity index (χ3n) is 3.04. The number of hydrogen-bond donors (Lipinski definition) is 0. The van der Waals surface area contributed by atoms with E-state index in [4.69, 9.17) is 0 Å². The van der Waals surface area contributed by atoms with Crippen molar-refractivity contribution >= 4 is 22.5 Å². The molecule has 0 N–H and O–H groups in total. The molecule has 0 saturated carbocycles. The Balaban J connectivity index is 2.24. The van der Waals surface area contributed by atoms with Crippen molar-refractivity contribution in [2.24, 2.45) is 0 Å². The van der Waals surface area contributed by atoms with Gasteiger partial charge in [-0.3, -0.25) is 9.13 Å². The van der Waals surface area contributed by atoms with Crippen LogP contribution in [0.4, 0.5) is 0 Å². The molecule has 0 aliphatic rings. The van der Waals surface area contributed by atoms with Gasteiger partial charge in [0.15, 0.2) is 5.65 Å². The number of fused-ring (bicyclic) bond motifs is 1. The van der Waals surface area contributed by atoms with Gasteiger partial charge in [-0.2, -0.15) is 0 Å². The van der Waals surface area contributed by atoms with Gasteiger partial charge in [0.25, 0.3) is 0 Å². The van der Waals surface area contributed by atoms with Crippen LogP contribution in [0.3, 0.4) is 0 Å². The largest absolute Gasteiger partial charge is 0.330 e. The number of aromatic nitrogens is 4. The highest BCUT2D eigenvalue weighted by atomic mass is 32.1. The van der Waals surface area contributed by atoms with Gasteiger partial charge in [0.1, 0.15) is 0 Å². The molecule has 0 aliphatic heterocycles. The van der Waals surface area contributed by atoms with E-state index in [0.717, 1.165) is 16.9 Å². The SMILES string of the molecule is CC(C)n1c(=O)n(Cc2cscn2)c2cccnc21. The number of thiazole rings is 1. The van der Waals surface area contributed by atoms with Crippen molar-refractivity contribution in [1.29, 1.82) is 0 Å². The van der Waals surface area contributed by atoms with E-state index in [9.17, 15) is 4.79 Å². The summed E-state index contributed by atoms with van der Waals surface area (Å²) < 4.78 is 3.46. The van der Waals surface area contributed by atoms with Crippen molar-refractivity contribution in [3.63, 3.8) is 0 Å². The van der Waals surface area contributed by atoms with Gasteiger partial charge in [-0.15, -0.1) is 11.3 Å². The van der Waals surface area contributed by atoms with Gasteiger partial charge in [0.05, 0.1) is 23.3 Å². The summed E-state index contributed by atoms with van der Waals surface area (Å²) in [6.07, 6.45) is 1.72. The lowest BCUT2D eigenvalue weighted by atomic mass is 10.3. The molecule has 3 rings (SSSR count). The smallest absolute Gasteiger partial charge is 0.284 e. The number of pyridine rings is 1. The second-order valence-corrected chi connectivity index (χ2v) is 5.38. The van der Waals surface area contributed by atoms with Crippen LogP contribution in [0.2, 0.25) is 0 Å². The lowest BCUT2D eigenvalue weighted by Crippen LogP contribution is -2.26. The number of imidazole rings is 1. The second-order valence-electron chi connectivity index (χ2n) is 4.66. The van der Waals surface area contributed by atoms with E-state index in [-0.39, 0.29) is 11.7 Å². The number of hydrogen-bond acceptors (Lipinski definition) is 4. The van der Waals surface area contributed by atoms with E-state index in [1.807, 2.05) is 31.4 Å². The Labute approximate surface area is 114 Å². The Bertz CT molecular complexity index is 755. The molecule has 0 aromatic carbocycles. The van der Waals surface area contributed by atoms with Gasteiger partial charge >= 0.3 is 5.69 Å². The first-order valence-electron chi connectivity index (χ1n) is 6.11. The zero-order valence-corrected chi connectivity index (χ0v) is 11.6. The third kappa shape index (κ3) is 1.98. The second kappa shape index (κ2) is 4.62. The van der Waals surface area contributed by atoms with Crippen LogP contribution >= 0.6 is 11.3 Å². The Hall–Kier alpha value is -1.95. The molecule has 98 valence electrons. The molecular formula is C13H14N4OS. The maximum Gasteiger partial charge on any atom is 0.330 e. The van der Waals surface area contributed by atoms with E-state index >= 15 is 0 Å². The minimum absolute atomic E-state index is 0.0308. The molecule has 0 amide bonds. The average molecular weight is 274 g/mol. The van der Waals surface area contributed by atoms with Crippen LogP contribution < -0.4 is 5.69 Å². The molecule has 3 heterocycles. The molecule has 3 aromatic rings. The Morgan fingerprint density at radius 1 is 1.37 bits per heavy atom. The summed E-state index contributed by atoms with van der Waals surface area (Å²) in [6.45, 7) is 4.47. The summed E-state index contributed by atoms with van der Waals surface area (Å²) in [6, 6.07) is 3.86. The first kappa shape index (κ1) is 12.1. The lowest BCUT2D eigenvalue weighted by Gasteiger charge is -2.05. The molecule has 0 bridgehead atoms. The van der Waals surface area contributed by atoms with Gasteiger partial charge in [0, 0.05) is 17.6 Å². The molecule has 0 radical (unpaired) electrons. The molecule has 19 heavy (non-hydrogen) atoms. The summed E-state index contributed by atoms with van der Waals surface area (Å²) in [7, 11) is 0. The van der Waals surface area contributed by atoms with Crippen molar-refractivity contribution in [2.45, 2.75) is 26.4 Å². The third-order valence-corrected chi connectivity index (χ3v) is 3.68. The summed E-state index contributed by atoms with van der Waals surface area (Å²) in [5.74, 6) is 0. The van der Waals surface area contributed by atoms with Gasteiger partial charge in [-0.1, -0.05) is 0 Å².